The van der Waals surface area contributed by atoms with Crippen molar-refractivity contribution in [3.8, 4) is 0 Å². The van der Waals surface area contributed by atoms with E-state index in [-0.39, 0.29) is 34.6 Å². The molecule has 0 spiro atoms. The van der Waals surface area contributed by atoms with E-state index in [0.29, 0.717) is 4.47 Å². The lowest BCUT2D eigenvalue weighted by atomic mass is 10.4. The third-order valence-electron chi connectivity index (χ3n) is 2.26. The van der Waals surface area contributed by atoms with Crippen molar-refractivity contribution in [3.63, 3.8) is 0 Å². The minimum absolute atomic E-state index is 0.00154. The third-order valence-corrected chi connectivity index (χ3v) is 5.62. The summed E-state index contributed by atoms with van der Waals surface area (Å²) in [6.07, 6.45) is 0. The standard InChI is InChI=1S/C10H12BrCl2NO3S/c1-2-14(3-4-15)18(16,17)10-8(12)5-7(11)6-9(10)13/h5-6,15H,2-4H2,1H3. The van der Waals surface area contributed by atoms with E-state index in [2.05, 4.69) is 15.9 Å². The number of likely N-dealkylation sites (N-methyl/N-ethyl adjacent to an activating group) is 1. The van der Waals surface area contributed by atoms with Crippen LogP contribution in [0, 0.1) is 0 Å². The van der Waals surface area contributed by atoms with Crippen molar-refractivity contribution in [2.45, 2.75) is 11.8 Å². The van der Waals surface area contributed by atoms with Crippen LogP contribution in [-0.2, 0) is 10.0 Å². The van der Waals surface area contributed by atoms with E-state index in [1.165, 1.54) is 12.1 Å². The molecular formula is C10H12BrCl2NO3S. The Balaban J connectivity index is 3.36. The van der Waals surface area contributed by atoms with Gasteiger partial charge in [0.05, 0.1) is 16.7 Å². The molecule has 0 fully saturated rings. The van der Waals surface area contributed by atoms with Crippen LogP contribution in [0.15, 0.2) is 21.5 Å². The SMILES string of the molecule is CCN(CCO)S(=O)(=O)c1c(Cl)cc(Br)cc1Cl. The molecule has 0 amide bonds. The molecule has 0 unspecified atom stereocenters. The molecule has 0 saturated carbocycles. The molecule has 0 saturated heterocycles. The summed E-state index contributed by atoms with van der Waals surface area (Å²) >= 11 is 15.1. The highest BCUT2D eigenvalue weighted by molar-refractivity contribution is 9.10. The first-order valence-corrected chi connectivity index (χ1v) is 8.09. The molecule has 0 atom stereocenters. The minimum atomic E-state index is -3.80. The van der Waals surface area contributed by atoms with Gasteiger partial charge in [-0.1, -0.05) is 46.1 Å². The summed E-state index contributed by atoms with van der Waals surface area (Å²) in [7, 11) is -3.80. The number of nitrogens with zero attached hydrogens (tertiary/aromatic N) is 1. The highest BCUT2D eigenvalue weighted by atomic mass is 79.9. The molecule has 0 bridgehead atoms. The first-order valence-electron chi connectivity index (χ1n) is 5.10. The molecule has 0 aliphatic rings. The van der Waals surface area contributed by atoms with Gasteiger partial charge in [-0.25, -0.2) is 8.42 Å². The average molecular weight is 377 g/mol. The number of rotatable bonds is 5. The maximum Gasteiger partial charge on any atom is 0.246 e. The van der Waals surface area contributed by atoms with Crippen LogP contribution < -0.4 is 0 Å². The molecule has 0 radical (unpaired) electrons. The first kappa shape index (κ1) is 16.2. The number of aliphatic hydroxyl groups excluding tert-OH is 1. The lowest BCUT2D eigenvalue weighted by Crippen LogP contribution is -2.33. The predicted molar refractivity (Wildman–Crippen MR) is 75.7 cm³/mol. The van der Waals surface area contributed by atoms with E-state index in [1.54, 1.807) is 6.92 Å². The van der Waals surface area contributed by atoms with Crippen LogP contribution in [0.3, 0.4) is 0 Å². The van der Waals surface area contributed by atoms with Gasteiger partial charge in [-0.05, 0) is 12.1 Å². The Morgan fingerprint density at radius 2 is 1.83 bits per heavy atom. The Bertz CT molecular complexity index is 513. The smallest absolute Gasteiger partial charge is 0.246 e. The number of aliphatic hydroxyl groups is 1. The fourth-order valence-electron chi connectivity index (χ4n) is 1.46. The van der Waals surface area contributed by atoms with E-state index >= 15 is 0 Å². The number of halogens is 3. The molecule has 0 aliphatic carbocycles. The molecule has 8 heteroatoms. The number of sulfonamides is 1. The normalized spacial score (nSPS) is 12.1. The summed E-state index contributed by atoms with van der Waals surface area (Å²) in [5, 5.41) is 8.98. The lowest BCUT2D eigenvalue weighted by Gasteiger charge is -2.20. The summed E-state index contributed by atoms with van der Waals surface area (Å²) in [6, 6.07) is 2.93. The van der Waals surface area contributed by atoms with Crippen molar-refractivity contribution in [2.75, 3.05) is 19.7 Å². The van der Waals surface area contributed by atoms with Gasteiger partial charge in [0.1, 0.15) is 4.90 Å². The Labute approximate surface area is 125 Å². The molecule has 0 aliphatic heterocycles. The Kier molecular flexibility index (Phi) is 5.89. The topological polar surface area (TPSA) is 57.6 Å². The summed E-state index contributed by atoms with van der Waals surface area (Å²) in [6.45, 7) is 1.64. The van der Waals surface area contributed by atoms with E-state index in [4.69, 9.17) is 28.3 Å². The Morgan fingerprint density at radius 3 is 2.22 bits per heavy atom. The molecule has 1 aromatic carbocycles. The second kappa shape index (κ2) is 6.54. The van der Waals surface area contributed by atoms with Crippen molar-refractivity contribution < 1.29 is 13.5 Å². The number of hydrogen-bond acceptors (Lipinski definition) is 3. The highest BCUT2D eigenvalue weighted by Crippen LogP contribution is 2.34. The van der Waals surface area contributed by atoms with Gasteiger partial charge in [-0.3, -0.25) is 0 Å². The van der Waals surface area contributed by atoms with E-state index < -0.39 is 10.0 Å². The Morgan fingerprint density at radius 1 is 1.33 bits per heavy atom. The van der Waals surface area contributed by atoms with Gasteiger partial charge in [0.2, 0.25) is 10.0 Å². The van der Waals surface area contributed by atoms with Gasteiger partial charge < -0.3 is 5.11 Å². The summed E-state index contributed by atoms with van der Waals surface area (Å²) in [5.41, 5.74) is 0. The van der Waals surface area contributed by atoms with Crippen LogP contribution in [-0.4, -0.2) is 37.5 Å². The van der Waals surface area contributed by atoms with Crippen molar-refractivity contribution in [2.24, 2.45) is 0 Å². The predicted octanol–water partition coefficient (Wildman–Crippen LogP) is 2.76. The Hall–Kier alpha value is 0.150. The highest BCUT2D eigenvalue weighted by Gasteiger charge is 2.28. The zero-order valence-electron chi connectivity index (χ0n) is 9.53. The third kappa shape index (κ3) is 3.37. The second-order valence-electron chi connectivity index (χ2n) is 3.42. The average Bonchev–Trinajstić information content (AvgIpc) is 2.23. The summed E-state index contributed by atoms with van der Waals surface area (Å²) in [4.78, 5) is -0.135. The van der Waals surface area contributed by atoms with Crippen molar-refractivity contribution in [1.29, 1.82) is 0 Å². The van der Waals surface area contributed by atoms with E-state index in [0.717, 1.165) is 4.31 Å². The van der Waals surface area contributed by atoms with Gasteiger partial charge in [-0.15, -0.1) is 0 Å². The maximum atomic E-state index is 12.3. The van der Waals surface area contributed by atoms with E-state index in [1.807, 2.05) is 0 Å². The van der Waals surface area contributed by atoms with Crippen molar-refractivity contribution in [1.82, 2.24) is 4.31 Å². The number of benzene rings is 1. The molecule has 102 valence electrons. The van der Waals surface area contributed by atoms with Gasteiger partial charge in [0.15, 0.2) is 0 Å². The molecule has 0 aromatic heterocycles. The molecule has 1 rings (SSSR count). The van der Waals surface area contributed by atoms with Crippen molar-refractivity contribution in [3.05, 3.63) is 26.7 Å². The monoisotopic (exact) mass is 375 g/mol. The largest absolute Gasteiger partial charge is 0.395 e. The van der Waals surface area contributed by atoms with Crippen LogP contribution >= 0.6 is 39.1 Å². The second-order valence-corrected chi connectivity index (χ2v) is 7.02. The summed E-state index contributed by atoms with van der Waals surface area (Å²) < 4.78 is 26.4. The zero-order valence-corrected chi connectivity index (χ0v) is 13.4. The van der Waals surface area contributed by atoms with E-state index in [9.17, 15) is 8.42 Å². The molecular weight excluding hydrogens is 365 g/mol. The number of hydrogen-bond donors (Lipinski definition) is 1. The van der Waals surface area contributed by atoms with Crippen LogP contribution in [0.5, 0.6) is 0 Å². The first-order chi connectivity index (χ1) is 8.34. The quantitative estimate of drug-likeness (QED) is 0.859. The minimum Gasteiger partial charge on any atom is -0.395 e. The fraction of sp³-hybridized carbons (Fsp3) is 0.400. The molecule has 4 nitrogen and oxygen atoms in total. The molecule has 1 aromatic rings. The lowest BCUT2D eigenvalue weighted by molar-refractivity contribution is 0.257. The van der Waals surface area contributed by atoms with Gasteiger partial charge in [-0.2, -0.15) is 4.31 Å². The van der Waals surface area contributed by atoms with Crippen LogP contribution in [0.25, 0.3) is 0 Å². The molecule has 0 heterocycles. The maximum absolute atomic E-state index is 12.3. The fourth-order valence-corrected chi connectivity index (χ4v) is 4.79. The molecule has 18 heavy (non-hydrogen) atoms. The van der Waals surface area contributed by atoms with Crippen LogP contribution in [0.2, 0.25) is 10.0 Å². The van der Waals surface area contributed by atoms with Gasteiger partial charge >= 0.3 is 0 Å². The van der Waals surface area contributed by atoms with Crippen molar-refractivity contribution >= 4 is 49.2 Å². The van der Waals surface area contributed by atoms with Crippen LogP contribution in [0.4, 0.5) is 0 Å². The van der Waals surface area contributed by atoms with Crippen LogP contribution in [0.1, 0.15) is 6.92 Å². The summed E-state index contributed by atoms with van der Waals surface area (Å²) in [5.74, 6) is 0. The molecule has 1 N–H and O–H groups in total. The van der Waals surface area contributed by atoms with Gasteiger partial charge in [0.25, 0.3) is 0 Å². The zero-order chi connectivity index (χ0) is 13.9. The van der Waals surface area contributed by atoms with Gasteiger partial charge in [0, 0.05) is 17.6 Å².